The Balaban J connectivity index is 0.000000214. The van der Waals surface area contributed by atoms with Crippen molar-refractivity contribution in [2.24, 2.45) is 11.7 Å². The molecule has 14 nitrogen and oxygen atoms in total. The minimum absolute atomic E-state index is 0.0379. The molecule has 0 aliphatic carbocycles. The number of aliphatic hydroxyl groups is 6. The normalized spacial score (nSPS) is 30.9. The van der Waals surface area contributed by atoms with Gasteiger partial charge in [0.1, 0.15) is 24.1 Å². The zero-order valence-corrected chi connectivity index (χ0v) is 23.1. The molecule has 0 aromatic carbocycles. The summed E-state index contributed by atoms with van der Waals surface area (Å²) in [5, 5.41) is 75.2. The molecule has 15 heteroatoms. The molecule has 3 saturated heterocycles. The van der Waals surface area contributed by atoms with E-state index >= 15 is 0 Å². The monoisotopic (exact) mass is 591 g/mol. The molecule has 0 spiro atoms. The molecule has 0 bridgehead atoms. The topological polar surface area (TPSA) is 256 Å². The predicted molar refractivity (Wildman–Crippen MR) is 143 cm³/mol. The van der Waals surface area contributed by atoms with Crippen LogP contribution in [0.5, 0.6) is 5.75 Å². The maximum Gasteiger partial charge on any atom is 0.303 e. The average molecular weight is 592 g/mol. The standard InChI is InChI=1S/C11H17NO3S.C8H11NO3.C6H13NO5/c13-10-5-7-8(12-10)6-16-9(7)3-1-2-4-11(14)15;1-5-8(12)7(4-11)6(3-10)2-9-5;7-3-5(10)4(9)2(1-8)12-6(3)11/h7-9H,1-6H2,(H,12,13)(H,14,15);2,10-12H,3-4H2,1H3;2-6,8-11H,1,7H2/t7-,8-,9-;;2-,3-,4-,5-,6?/m0.1/s1. The van der Waals surface area contributed by atoms with Gasteiger partial charge in [0.15, 0.2) is 6.29 Å². The van der Waals surface area contributed by atoms with Gasteiger partial charge in [0, 0.05) is 53.1 Å². The van der Waals surface area contributed by atoms with Crippen LogP contribution < -0.4 is 11.1 Å². The Bertz CT molecular complexity index is 967. The number of unbranched alkanes of at least 4 members (excludes halogenated alkanes) is 1. The number of carboxylic acid groups (broad SMARTS) is 1. The molecule has 228 valence electrons. The number of hydrogen-bond acceptors (Lipinski definition) is 13. The number of nitrogens with two attached hydrogens (primary N) is 1. The number of aliphatic carboxylic acids is 1. The molecule has 1 unspecified atom stereocenters. The van der Waals surface area contributed by atoms with Gasteiger partial charge in [-0.2, -0.15) is 11.8 Å². The number of nitrogens with one attached hydrogen (secondary N) is 1. The van der Waals surface area contributed by atoms with Gasteiger partial charge in [-0.25, -0.2) is 0 Å². The van der Waals surface area contributed by atoms with Crippen LogP contribution in [0, 0.1) is 12.8 Å². The summed E-state index contributed by atoms with van der Waals surface area (Å²) >= 11 is 1.93. The third-order valence-corrected chi connectivity index (χ3v) is 8.65. The molecule has 1 amide bonds. The van der Waals surface area contributed by atoms with Crippen LogP contribution >= 0.6 is 11.8 Å². The van der Waals surface area contributed by atoms with Crippen molar-refractivity contribution in [3.63, 3.8) is 0 Å². The highest BCUT2D eigenvalue weighted by atomic mass is 32.2. The molecule has 1 aromatic heterocycles. The van der Waals surface area contributed by atoms with Crippen LogP contribution in [-0.4, -0.2) is 112 Å². The number of carboxylic acids is 1. The summed E-state index contributed by atoms with van der Waals surface area (Å²) in [5.41, 5.74) is 6.53. The highest BCUT2D eigenvalue weighted by Gasteiger charge is 2.43. The van der Waals surface area contributed by atoms with Crippen LogP contribution in [0.1, 0.15) is 48.9 Å². The Morgan fingerprint density at radius 1 is 1.18 bits per heavy atom. The third-order valence-electron chi connectivity index (χ3n) is 7.09. The zero-order chi connectivity index (χ0) is 30.0. The maximum atomic E-state index is 11.2. The number of hydrogen-bond donors (Lipinski definition) is 10. The molecule has 4 heterocycles. The Kier molecular flexibility index (Phi) is 14.0. The number of pyridine rings is 1. The van der Waals surface area contributed by atoms with Gasteiger partial charge in [-0.1, -0.05) is 6.42 Å². The van der Waals surface area contributed by atoms with E-state index in [9.17, 15) is 24.9 Å². The van der Waals surface area contributed by atoms with Crippen LogP contribution in [0.4, 0.5) is 0 Å². The van der Waals surface area contributed by atoms with Gasteiger partial charge < -0.3 is 56.6 Å². The van der Waals surface area contributed by atoms with E-state index in [1.54, 1.807) is 6.92 Å². The predicted octanol–water partition coefficient (Wildman–Crippen LogP) is -1.92. The average Bonchev–Trinajstić information content (AvgIpc) is 3.48. The van der Waals surface area contributed by atoms with Crippen molar-refractivity contribution >= 4 is 23.6 Å². The van der Waals surface area contributed by atoms with E-state index in [0.29, 0.717) is 40.5 Å². The number of ether oxygens (including phenoxy) is 1. The Hall–Kier alpha value is -2.08. The number of aryl methyl sites for hydroxylation is 1. The van der Waals surface area contributed by atoms with Crippen molar-refractivity contribution in [3.05, 3.63) is 23.0 Å². The molecule has 3 fully saturated rings. The summed E-state index contributed by atoms with van der Waals surface area (Å²) in [7, 11) is 0. The number of aromatic hydroxyl groups is 1. The second kappa shape index (κ2) is 16.4. The van der Waals surface area contributed by atoms with Crippen molar-refractivity contribution in [2.75, 3.05) is 12.4 Å². The van der Waals surface area contributed by atoms with E-state index < -0.39 is 43.2 Å². The lowest BCUT2D eigenvalue weighted by Gasteiger charge is -2.38. The maximum absolute atomic E-state index is 11.2. The lowest BCUT2D eigenvalue weighted by Crippen LogP contribution is -2.61. The first-order valence-electron chi connectivity index (χ1n) is 13.0. The summed E-state index contributed by atoms with van der Waals surface area (Å²) in [6.07, 6.45) is 0.292. The summed E-state index contributed by atoms with van der Waals surface area (Å²) in [6.45, 7) is 0.652. The molecule has 4 rings (SSSR count). The highest BCUT2D eigenvalue weighted by Crippen LogP contribution is 2.40. The Labute approximate surface area is 236 Å². The lowest BCUT2D eigenvalue weighted by atomic mass is 9.94. The van der Waals surface area contributed by atoms with E-state index in [-0.39, 0.29) is 31.3 Å². The molecular formula is C25H41N3O11S. The van der Waals surface area contributed by atoms with Gasteiger partial charge in [-0.15, -0.1) is 0 Å². The summed E-state index contributed by atoms with van der Waals surface area (Å²) in [4.78, 5) is 25.4. The molecule has 40 heavy (non-hydrogen) atoms. The number of fused-ring (bicyclic) bond motifs is 1. The van der Waals surface area contributed by atoms with Gasteiger partial charge >= 0.3 is 5.97 Å². The Morgan fingerprint density at radius 3 is 2.48 bits per heavy atom. The fourth-order valence-corrected chi connectivity index (χ4v) is 6.32. The molecule has 11 N–H and O–H groups in total. The summed E-state index contributed by atoms with van der Waals surface area (Å²) in [6, 6.07) is -0.662. The first-order valence-corrected chi connectivity index (χ1v) is 14.1. The van der Waals surface area contributed by atoms with E-state index in [2.05, 4.69) is 10.3 Å². The zero-order valence-electron chi connectivity index (χ0n) is 22.3. The molecule has 0 saturated carbocycles. The molecule has 3 aliphatic heterocycles. The second-order valence-electron chi connectivity index (χ2n) is 9.87. The van der Waals surface area contributed by atoms with Crippen LogP contribution in [0.15, 0.2) is 6.20 Å². The number of amides is 1. The smallest absolute Gasteiger partial charge is 0.303 e. The van der Waals surface area contributed by atoms with E-state index in [0.717, 1.165) is 25.0 Å². The quantitative estimate of drug-likeness (QED) is 0.148. The molecular weight excluding hydrogens is 550 g/mol. The number of thioether (sulfide) groups is 1. The van der Waals surface area contributed by atoms with Gasteiger partial charge in [-0.3, -0.25) is 14.6 Å². The van der Waals surface area contributed by atoms with Crippen molar-refractivity contribution in [1.82, 2.24) is 10.3 Å². The van der Waals surface area contributed by atoms with E-state index in [1.165, 1.54) is 6.20 Å². The SMILES string of the molecule is Cc1ncc(CO)c(CO)c1O.N[C@H]1C(O)O[C@H](CO)[C@@H](O)[C@@H]1O.O=C(O)CCCC[C@@H]1SC[C@@H]2NC(=O)C[C@@H]21. The number of rotatable bonds is 8. The number of aromatic nitrogens is 1. The van der Waals surface area contributed by atoms with Crippen molar-refractivity contribution < 1.29 is 55.2 Å². The first-order chi connectivity index (χ1) is 18.9. The number of carbonyl (C=O) groups excluding carboxylic acids is 1. The van der Waals surface area contributed by atoms with Crippen molar-refractivity contribution in [3.8, 4) is 5.75 Å². The summed E-state index contributed by atoms with van der Waals surface area (Å²) < 4.78 is 4.70. The van der Waals surface area contributed by atoms with Crippen LogP contribution in [0.25, 0.3) is 0 Å². The molecule has 0 radical (unpaired) electrons. The third kappa shape index (κ3) is 9.22. The Morgan fingerprint density at radius 2 is 1.88 bits per heavy atom. The number of aliphatic hydroxyl groups excluding tert-OH is 6. The fourth-order valence-electron chi connectivity index (χ4n) is 4.67. The first kappa shape index (κ1) is 34.1. The second-order valence-corrected chi connectivity index (χ2v) is 11.1. The van der Waals surface area contributed by atoms with Crippen LogP contribution in [0.3, 0.4) is 0 Å². The summed E-state index contributed by atoms with van der Waals surface area (Å²) in [5.74, 6) is 0.951. The van der Waals surface area contributed by atoms with Crippen LogP contribution in [0.2, 0.25) is 0 Å². The number of nitrogens with zero attached hydrogens (tertiary/aromatic N) is 1. The largest absolute Gasteiger partial charge is 0.506 e. The van der Waals surface area contributed by atoms with Gasteiger partial charge in [-0.05, 0) is 19.8 Å². The van der Waals surface area contributed by atoms with E-state index in [4.69, 9.17) is 36.0 Å². The molecule has 1 aromatic rings. The van der Waals surface area contributed by atoms with E-state index in [1.807, 2.05) is 11.8 Å². The van der Waals surface area contributed by atoms with Gasteiger partial charge in [0.25, 0.3) is 0 Å². The van der Waals surface area contributed by atoms with Gasteiger partial charge in [0.05, 0.1) is 31.6 Å². The minimum Gasteiger partial charge on any atom is -0.506 e. The van der Waals surface area contributed by atoms with Crippen molar-refractivity contribution in [2.45, 2.75) is 94.2 Å². The molecule has 8 atom stereocenters. The highest BCUT2D eigenvalue weighted by molar-refractivity contribution is 8.00. The minimum atomic E-state index is -1.35. The van der Waals surface area contributed by atoms with Crippen LogP contribution in [-0.2, 0) is 27.5 Å². The van der Waals surface area contributed by atoms with Gasteiger partial charge in [0.2, 0.25) is 5.91 Å². The van der Waals surface area contributed by atoms with Crippen molar-refractivity contribution in [1.29, 1.82) is 0 Å². The number of carbonyl (C=O) groups is 2. The lowest BCUT2D eigenvalue weighted by molar-refractivity contribution is -0.248. The molecule has 3 aliphatic rings. The fraction of sp³-hybridized carbons (Fsp3) is 0.720.